The Bertz CT molecular complexity index is 571. The van der Waals surface area contributed by atoms with Crippen LogP contribution in [0, 0.1) is 12.8 Å². The van der Waals surface area contributed by atoms with Gasteiger partial charge in [0.25, 0.3) is 0 Å². The molecule has 1 rings (SSSR count). The second-order valence-electron chi connectivity index (χ2n) is 6.01. The fraction of sp³-hybridized carbons (Fsp3) is 0.556. The van der Waals surface area contributed by atoms with Crippen molar-refractivity contribution >= 4 is 11.9 Å². The van der Waals surface area contributed by atoms with Crippen molar-refractivity contribution in [3.8, 4) is 5.75 Å². The third kappa shape index (κ3) is 6.48. The lowest BCUT2D eigenvalue weighted by Crippen LogP contribution is -2.40. The molecule has 0 radical (unpaired) electrons. The van der Waals surface area contributed by atoms with E-state index in [1.165, 1.54) is 7.11 Å². The van der Waals surface area contributed by atoms with Crippen LogP contribution in [0.5, 0.6) is 5.75 Å². The van der Waals surface area contributed by atoms with Crippen LogP contribution in [0.25, 0.3) is 0 Å². The number of nitrogens with one attached hydrogen (secondary N) is 2. The highest BCUT2D eigenvalue weighted by Gasteiger charge is 2.13. The standard InChI is InChI=1S/C18H29N3O3/c1-12(2)24-16-9-13(3)7-8-15(16)11-21-18(19-5)20-10-14(4)17(22)23-6/h7-9,12,14H,10-11H2,1-6H3,(H2,19,20,21). The Morgan fingerprint density at radius 3 is 2.54 bits per heavy atom. The first-order chi connectivity index (χ1) is 11.4. The van der Waals surface area contributed by atoms with Gasteiger partial charge in [-0.25, -0.2) is 0 Å². The zero-order valence-electron chi connectivity index (χ0n) is 15.5. The minimum atomic E-state index is -0.246. The molecule has 2 N–H and O–H groups in total. The van der Waals surface area contributed by atoms with Crippen molar-refractivity contribution in [3.63, 3.8) is 0 Å². The van der Waals surface area contributed by atoms with Gasteiger partial charge in [-0.2, -0.15) is 0 Å². The molecule has 24 heavy (non-hydrogen) atoms. The first kappa shape index (κ1) is 19.8. The number of rotatable bonds is 7. The van der Waals surface area contributed by atoms with Gasteiger partial charge in [0.1, 0.15) is 5.75 Å². The summed E-state index contributed by atoms with van der Waals surface area (Å²) in [6.45, 7) is 8.90. The van der Waals surface area contributed by atoms with Crippen LogP contribution in [-0.4, -0.2) is 38.7 Å². The molecule has 0 aliphatic rings. The Morgan fingerprint density at radius 1 is 1.25 bits per heavy atom. The van der Waals surface area contributed by atoms with Crippen LogP contribution < -0.4 is 15.4 Å². The second kappa shape index (κ2) is 9.80. The van der Waals surface area contributed by atoms with E-state index < -0.39 is 0 Å². The summed E-state index contributed by atoms with van der Waals surface area (Å²) < 4.78 is 10.6. The highest BCUT2D eigenvalue weighted by atomic mass is 16.5. The largest absolute Gasteiger partial charge is 0.491 e. The number of guanidine groups is 1. The number of carbonyl (C=O) groups excluding carboxylic acids is 1. The number of aryl methyl sites for hydroxylation is 1. The zero-order valence-corrected chi connectivity index (χ0v) is 15.5. The van der Waals surface area contributed by atoms with Crippen molar-refractivity contribution in [2.24, 2.45) is 10.9 Å². The van der Waals surface area contributed by atoms with Crippen molar-refractivity contribution in [3.05, 3.63) is 29.3 Å². The Labute approximate surface area is 144 Å². The fourth-order valence-corrected chi connectivity index (χ4v) is 2.11. The molecule has 6 nitrogen and oxygen atoms in total. The summed E-state index contributed by atoms with van der Waals surface area (Å²) in [5, 5.41) is 6.36. The average molecular weight is 335 g/mol. The summed E-state index contributed by atoms with van der Waals surface area (Å²) in [7, 11) is 3.08. The van der Waals surface area contributed by atoms with E-state index in [2.05, 4.69) is 21.7 Å². The molecular weight excluding hydrogens is 306 g/mol. The van der Waals surface area contributed by atoms with Crippen molar-refractivity contribution in [1.82, 2.24) is 10.6 Å². The summed E-state index contributed by atoms with van der Waals surface area (Å²) in [6.07, 6.45) is 0.115. The maximum absolute atomic E-state index is 11.4. The lowest BCUT2D eigenvalue weighted by molar-refractivity contribution is -0.144. The Hall–Kier alpha value is -2.24. The van der Waals surface area contributed by atoms with E-state index in [0.717, 1.165) is 16.9 Å². The number of hydrogen-bond acceptors (Lipinski definition) is 4. The summed E-state index contributed by atoms with van der Waals surface area (Å²) in [5.41, 5.74) is 2.21. The van der Waals surface area contributed by atoms with Gasteiger partial charge in [0.2, 0.25) is 0 Å². The van der Waals surface area contributed by atoms with Gasteiger partial charge in [0.15, 0.2) is 5.96 Å². The van der Waals surface area contributed by atoms with E-state index in [9.17, 15) is 4.79 Å². The molecule has 0 amide bonds. The number of carbonyl (C=O) groups is 1. The van der Waals surface area contributed by atoms with Crippen LogP contribution >= 0.6 is 0 Å². The molecular formula is C18H29N3O3. The number of benzene rings is 1. The quantitative estimate of drug-likeness (QED) is 0.454. The molecule has 1 atom stereocenters. The molecule has 0 fully saturated rings. The van der Waals surface area contributed by atoms with Crippen LogP contribution in [0.4, 0.5) is 0 Å². The zero-order chi connectivity index (χ0) is 18.1. The highest BCUT2D eigenvalue weighted by molar-refractivity contribution is 5.80. The SMILES string of the molecule is CN=C(NCc1ccc(C)cc1OC(C)C)NCC(C)C(=O)OC. The molecule has 0 bridgehead atoms. The van der Waals surface area contributed by atoms with Crippen molar-refractivity contribution in [2.45, 2.75) is 40.3 Å². The monoisotopic (exact) mass is 335 g/mol. The van der Waals surface area contributed by atoms with Crippen LogP contribution in [0.3, 0.4) is 0 Å². The molecule has 0 saturated heterocycles. The lowest BCUT2D eigenvalue weighted by Gasteiger charge is -2.18. The molecule has 0 heterocycles. The predicted octanol–water partition coefficient (Wildman–Crippen LogP) is 2.26. The van der Waals surface area contributed by atoms with Crippen LogP contribution in [0.1, 0.15) is 31.9 Å². The van der Waals surface area contributed by atoms with Crippen LogP contribution in [0.15, 0.2) is 23.2 Å². The number of ether oxygens (including phenoxy) is 2. The lowest BCUT2D eigenvalue weighted by atomic mass is 10.1. The Morgan fingerprint density at radius 2 is 1.96 bits per heavy atom. The van der Waals surface area contributed by atoms with Gasteiger partial charge in [-0.05, 0) is 32.4 Å². The predicted molar refractivity (Wildman–Crippen MR) is 96.3 cm³/mol. The molecule has 1 aromatic carbocycles. The molecule has 0 aliphatic carbocycles. The molecule has 0 aromatic heterocycles. The van der Waals surface area contributed by atoms with E-state index in [1.54, 1.807) is 14.0 Å². The normalized spacial score (nSPS) is 12.7. The van der Waals surface area contributed by atoms with Gasteiger partial charge in [-0.15, -0.1) is 0 Å². The maximum atomic E-state index is 11.4. The van der Waals surface area contributed by atoms with Gasteiger partial charge in [0, 0.05) is 25.7 Å². The number of methoxy groups -OCH3 is 1. The second-order valence-corrected chi connectivity index (χ2v) is 6.01. The van der Waals surface area contributed by atoms with Gasteiger partial charge in [-0.3, -0.25) is 9.79 Å². The molecule has 1 aromatic rings. The third-order valence-electron chi connectivity index (χ3n) is 3.43. The maximum Gasteiger partial charge on any atom is 0.310 e. The van der Waals surface area contributed by atoms with E-state index >= 15 is 0 Å². The number of esters is 1. The number of hydrogen-bond donors (Lipinski definition) is 2. The van der Waals surface area contributed by atoms with Crippen LogP contribution in [-0.2, 0) is 16.1 Å². The molecule has 134 valence electrons. The highest BCUT2D eigenvalue weighted by Crippen LogP contribution is 2.21. The first-order valence-electron chi connectivity index (χ1n) is 8.15. The first-order valence-corrected chi connectivity index (χ1v) is 8.15. The smallest absolute Gasteiger partial charge is 0.310 e. The van der Waals surface area contributed by atoms with Crippen molar-refractivity contribution < 1.29 is 14.3 Å². The van der Waals surface area contributed by atoms with E-state index in [4.69, 9.17) is 9.47 Å². The van der Waals surface area contributed by atoms with Crippen LogP contribution in [0.2, 0.25) is 0 Å². The minimum Gasteiger partial charge on any atom is -0.491 e. The Balaban J connectivity index is 2.65. The van der Waals surface area contributed by atoms with E-state index in [0.29, 0.717) is 19.0 Å². The molecule has 6 heteroatoms. The van der Waals surface area contributed by atoms with Crippen molar-refractivity contribution in [1.29, 1.82) is 0 Å². The van der Waals surface area contributed by atoms with Gasteiger partial charge >= 0.3 is 5.97 Å². The fourth-order valence-electron chi connectivity index (χ4n) is 2.11. The minimum absolute atomic E-state index is 0.115. The number of nitrogens with zero attached hydrogens (tertiary/aromatic N) is 1. The summed E-state index contributed by atoms with van der Waals surface area (Å²) in [4.78, 5) is 15.6. The van der Waals surface area contributed by atoms with Gasteiger partial charge in [0.05, 0.1) is 19.1 Å². The topological polar surface area (TPSA) is 72.0 Å². The molecule has 0 aliphatic heterocycles. The summed E-state index contributed by atoms with van der Waals surface area (Å²) >= 11 is 0. The summed E-state index contributed by atoms with van der Waals surface area (Å²) in [6, 6.07) is 6.14. The van der Waals surface area contributed by atoms with E-state index in [-0.39, 0.29) is 18.0 Å². The van der Waals surface area contributed by atoms with Crippen molar-refractivity contribution in [2.75, 3.05) is 20.7 Å². The Kier molecular flexibility index (Phi) is 8.09. The molecule has 1 unspecified atom stereocenters. The van der Waals surface area contributed by atoms with Gasteiger partial charge < -0.3 is 20.1 Å². The molecule has 0 spiro atoms. The summed E-state index contributed by atoms with van der Waals surface area (Å²) in [5.74, 6) is 1.01. The molecule has 0 saturated carbocycles. The third-order valence-corrected chi connectivity index (χ3v) is 3.43. The van der Waals surface area contributed by atoms with E-state index in [1.807, 2.05) is 32.9 Å². The van der Waals surface area contributed by atoms with Gasteiger partial charge in [-0.1, -0.05) is 19.1 Å². The number of aliphatic imine (C=N–C) groups is 1. The average Bonchev–Trinajstić information content (AvgIpc) is 2.54.